The fourth-order valence-corrected chi connectivity index (χ4v) is 2.11. The van der Waals surface area contributed by atoms with Crippen molar-refractivity contribution in [2.24, 2.45) is 11.7 Å². The van der Waals surface area contributed by atoms with Crippen molar-refractivity contribution in [2.45, 2.75) is 33.2 Å². The van der Waals surface area contributed by atoms with E-state index in [1.54, 1.807) is 17.9 Å². The molecule has 1 saturated heterocycles. The number of amides is 1. The van der Waals surface area contributed by atoms with E-state index in [1.807, 2.05) is 6.92 Å². The van der Waals surface area contributed by atoms with E-state index in [2.05, 4.69) is 24.0 Å². The number of aryl methyl sites for hydroxylation is 2. The van der Waals surface area contributed by atoms with Gasteiger partial charge in [0, 0.05) is 13.1 Å². The molecular formula is C13H20N4O. The van der Waals surface area contributed by atoms with Crippen molar-refractivity contribution in [1.29, 1.82) is 0 Å². The first-order valence-corrected chi connectivity index (χ1v) is 6.22. The molecule has 2 N–H and O–H groups in total. The van der Waals surface area contributed by atoms with Gasteiger partial charge in [-0.3, -0.25) is 4.79 Å². The molecule has 0 unspecified atom stereocenters. The van der Waals surface area contributed by atoms with Crippen LogP contribution in [0, 0.1) is 19.8 Å². The molecule has 0 radical (unpaired) electrons. The first-order chi connectivity index (χ1) is 8.33. The number of aromatic nitrogens is 2. The molecule has 1 aromatic rings. The van der Waals surface area contributed by atoms with Crippen LogP contribution in [0.15, 0.2) is 6.07 Å². The van der Waals surface area contributed by atoms with E-state index >= 15 is 0 Å². The fourth-order valence-electron chi connectivity index (χ4n) is 2.11. The van der Waals surface area contributed by atoms with Crippen LogP contribution in [0.1, 0.15) is 35.6 Å². The van der Waals surface area contributed by atoms with Crippen LogP contribution in [0.5, 0.6) is 0 Å². The van der Waals surface area contributed by atoms with Crippen molar-refractivity contribution < 1.29 is 4.79 Å². The summed E-state index contributed by atoms with van der Waals surface area (Å²) in [6.07, 6.45) is 0. The zero-order chi connectivity index (χ0) is 13.5. The zero-order valence-electron chi connectivity index (χ0n) is 11.4. The lowest BCUT2D eigenvalue weighted by molar-refractivity contribution is 0.0273. The molecule has 0 saturated carbocycles. The predicted molar refractivity (Wildman–Crippen MR) is 69.2 cm³/mol. The molecule has 98 valence electrons. The molecule has 2 heterocycles. The van der Waals surface area contributed by atoms with Gasteiger partial charge in [-0.25, -0.2) is 0 Å². The topological polar surface area (TPSA) is 72.1 Å². The highest BCUT2D eigenvalue weighted by Crippen LogP contribution is 2.27. The Labute approximate surface area is 107 Å². The zero-order valence-corrected chi connectivity index (χ0v) is 11.4. The molecule has 1 amide bonds. The van der Waals surface area contributed by atoms with Gasteiger partial charge in [0.25, 0.3) is 5.91 Å². The first-order valence-electron chi connectivity index (χ1n) is 6.22. The molecule has 0 aromatic carbocycles. The number of carbonyl (C=O) groups excluding carboxylic acids is 1. The van der Waals surface area contributed by atoms with E-state index < -0.39 is 0 Å². The van der Waals surface area contributed by atoms with Gasteiger partial charge in [-0.2, -0.15) is 10.2 Å². The van der Waals surface area contributed by atoms with Crippen molar-refractivity contribution in [3.63, 3.8) is 0 Å². The molecule has 5 heteroatoms. The van der Waals surface area contributed by atoms with Crippen LogP contribution in [0.3, 0.4) is 0 Å². The van der Waals surface area contributed by atoms with Gasteiger partial charge in [-0.05, 0) is 25.8 Å². The molecule has 1 aliphatic heterocycles. The lowest BCUT2D eigenvalue weighted by atomic mass is 9.80. The standard InChI is InChI=1S/C13H20N4O/c1-8(2)13(14)6-17(7-13)12(18)11-5-9(3)15-16-10(11)4/h5,8H,6-7,14H2,1-4H3. The number of hydrogen-bond acceptors (Lipinski definition) is 4. The van der Waals surface area contributed by atoms with E-state index in [4.69, 9.17) is 5.73 Å². The second-order valence-corrected chi connectivity index (χ2v) is 5.53. The Morgan fingerprint density at radius 1 is 1.39 bits per heavy atom. The van der Waals surface area contributed by atoms with Crippen molar-refractivity contribution in [3.05, 3.63) is 23.0 Å². The number of nitrogens with zero attached hydrogens (tertiary/aromatic N) is 3. The van der Waals surface area contributed by atoms with E-state index in [0.717, 1.165) is 5.69 Å². The summed E-state index contributed by atoms with van der Waals surface area (Å²) in [5.41, 5.74) is 8.02. The van der Waals surface area contributed by atoms with Crippen LogP contribution in [0.25, 0.3) is 0 Å². The Balaban J connectivity index is 2.13. The SMILES string of the molecule is Cc1cc(C(=O)N2CC(N)(C(C)C)C2)c(C)nn1. The summed E-state index contributed by atoms with van der Waals surface area (Å²) in [5.74, 6) is 0.382. The van der Waals surface area contributed by atoms with E-state index in [9.17, 15) is 4.79 Å². The molecule has 1 aliphatic rings. The van der Waals surface area contributed by atoms with E-state index in [1.165, 1.54) is 0 Å². The monoisotopic (exact) mass is 248 g/mol. The average Bonchev–Trinajstić information content (AvgIpc) is 2.27. The summed E-state index contributed by atoms with van der Waals surface area (Å²) in [7, 11) is 0. The highest BCUT2D eigenvalue weighted by molar-refractivity contribution is 5.96. The van der Waals surface area contributed by atoms with Crippen molar-refractivity contribution in [3.8, 4) is 0 Å². The van der Waals surface area contributed by atoms with Gasteiger partial charge in [0.15, 0.2) is 0 Å². The summed E-state index contributed by atoms with van der Waals surface area (Å²) >= 11 is 0. The highest BCUT2D eigenvalue weighted by Gasteiger charge is 2.44. The Hall–Kier alpha value is -1.49. The summed E-state index contributed by atoms with van der Waals surface area (Å²) in [6.45, 7) is 9.04. The minimum atomic E-state index is -0.237. The average molecular weight is 248 g/mol. The summed E-state index contributed by atoms with van der Waals surface area (Å²) < 4.78 is 0. The summed E-state index contributed by atoms with van der Waals surface area (Å²) in [4.78, 5) is 14.1. The minimum absolute atomic E-state index is 0.00669. The maximum Gasteiger partial charge on any atom is 0.255 e. The normalized spacial score (nSPS) is 17.8. The Morgan fingerprint density at radius 3 is 2.56 bits per heavy atom. The van der Waals surface area contributed by atoms with E-state index in [0.29, 0.717) is 30.3 Å². The molecule has 5 nitrogen and oxygen atoms in total. The summed E-state index contributed by atoms with van der Waals surface area (Å²) in [6, 6.07) is 1.79. The van der Waals surface area contributed by atoms with Crippen LogP contribution in [0.2, 0.25) is 0 Å². The van der Waals surface area contributed by atoms with Crippen LogP contribution in [-0.4, -0.2) is 39.6 Å². The molecule has 1 aromatic heterocycles. The van der Waals surface area contributed by atoms with Gasteiger partial charge in [0.1, 0.15) is 0 Å². The molecular weight excluding hydrogens is 228 g/mol. The fraction of sp³-hybridized carbons (Fsp3) is 0.615. The first kappa shape index (κ1) is 13.0. The molecule has 0 aliphatic carbocycles. The quantitative estimate of drug-likeness (QED) is 0.844. The van der Waals surface area contributed by atoms with Crippen LogP contribution in [0.4, 0.5) is 0 Å². The predicted octanol–water partition coefficient (Wildman–Crippen LogP) is 0.903. The third kappa shape index (κ3) is 2.10. The minimum Gasteiger partial charge on any atom is -0.335 e. The number of hydrogen-bond donors (Lipinski definition) is 1. The van der Waals surface area contributed by atoms with Gasteiger partial charge >= 0.3 is 0 Å². The Kier molecular flexibility index (Phi) is 3.11. The molecule has 1 fully saturated rings. The molecule has 0 atom stereocenters. The number of carbonyl (C=O) groups is 1. The molecule has 0 bridgehead atoms. The van der Waals surface area contributed by atoms with Crippen LogP contribution >= 0.6 is 0 Å². The van der Waals surface area contributed by atoms with Crippen molar-refractivity contribution in [2.75, 3.05) is 13.1 Å². The van der Waals surface area contributed by atoms with Gasteiger partial charge < -0.3 is 10.6 Å². The van der Waals surface area contributed by atoms with Gasteiger partial charge in [0.2, 0.25) is 0 Å². The number of rotatable bonds is 2. The van der Waals surface area contributed by atoms with Crippen LogP contribution < -0.4 is 5.73 Å². The second kappa shape index (κ2) is 4.31. The lowest BCUT2D eigenvalue weighted by Crippen LogP contribution is -2.71. The largest absolute Gasteiger partial charge is 0.335 e. The highest BCUT2D eigenvalue weighted by atomic mass is 16.2. The Morgan fingerprint density at radius 2 is 2.00 bits per heavy atom. The summed E-state index contributed by atoms with van der Waals surface area (Å²) in [5, 5.41) is 7.92. The van der Waals surface area contributed by atoms with Crippen molar-refractivity contribution >= 4 is 5.91 Å². The maximum absolute atomic E-state index is 12.3. The van der Waals surface area contributed by atoms with Gasteiger partial charge in [-0.15, -0.1) is 0 Å². The number of likely N-dealkylation sites (tertiary alicyclic amines) is 1. The third-order valence-electron chi connectivity index (χ3n) is 3.74. The number of nitrogens with two attached hydrogens (primary N) is 1. The second-order valence-electron chi connectivity index (χ2n) is 5.53. The maximum atomic E-state index is 12.3. The molecule has 18 heavy (non-hydrogen) atoms. The van der Waals surface area contributed by atoms with E-state index in [-0.39, 0.29) is 11.4 Å². The lowest BCUT2D eigenvalue weighted by Gasteiger charge is -2.50. The Bertz CT molecular complexity index is 478. The molecule has 0 spiro atoms. The molecule has 2 rings (SSSR count). The third-order valence-corrected chi connectivity index (χ3v) is 3.74. The van der Waals surface area contributed by atoms with Crippen molar-refractivity contribution in [1.82, 2.24) is 15.1 Å². The smallest absolute Gasteiger partial charge is 0.255 e. The van der Waals surface area contributed by atoms with Gasteiger partial charge in [0.05, 0.1) is 22.5 Å². The van der Waals surface area contributed by atoms with Crippen LogP contribution in [-0.2, 0) is 0 Å². The van der Waals surface area contributed by atoms with Gasteiger partial charge in [-0.1, -0.05) is 13.8 Å².